The lowest BCUT2D eigenvalue weighted by molar-refractivity contribution is -0.112. The third kappa shape index (κ3) is 6.85. The van der Waals surface area contributed by atoms with Crippen LogP contribution in [0, 0.1) is 11.3 Å². The number of hydrogen-bond acceptors (Lipinski definition) is 6. The Balaban J connectivity index is 1.84. The summed E-state index contributed by atoms with van der Waals surface area (Å²) < 4.78 is 12.1. The van der Waals surface area contributed by atoms with Crippen LogP contribution in [0.1, 0.15) is 28.4 Å². The summed E-state index contributed by atoms with van der Waals surface area (Å²) in [5.41, 5.74) is 1.65. The van der Waals surface area contributed by atoms with Crippen molar-refractivity contribution in [2.75, 3.05) is 11.9 Å². The molecule has 0 saturated carbocycles. The van der Waals surface area contributed by atoms with E-state index in [-0.39, 0.29) is 23.5 Å². The Morgan fingerprint density at radius 2 is 1.86 bits per heavy atom. The number of anilines is 1. The zero-order valence-corrected chi connectivity index (χ0v) is 20.2. The number of hydrogen-bond donors (Lipinski definition) is 3. The average molecular weight is 537 g/mol. The SMILES string of the molecule is CCOc1cc(/C=C(/C#N)C(=O)Nc2ccc(O)cc2)cc(Br)c1OCc1cccc(C(=O)O)c1. The van der Waals surface area contributed by atoms with Gasteiger partial charge in [-0.05, 0) is 88.6 Å². The number of nitriles is 1. The van der Waals surface area contributed by atoms with Crippen molar-refractivity contribution in [2.45, 2.75) is 13.5 Å². The molecule has 0 fully saturated rings. The van der Waals surface area contributed by atoms with Crippen LogP contribution < -0.4 is 14.8 Å². The van der Waals surface area contributed by atoms with Gasteiger partial charge in [-0.3, -0.25) is 4.79 Å². The zero-order valence-electron chi connectivity index (χ0n) is 18.6. The van der Waals surface area contributed by atoms with Gasteiger partial charge in [0.25, 0.3) is 5.91 Å². The van der Waals surface area contributed by atoms with E-state index in [4.69, 9.17) is 9.47 Å². The molecule has 0 aliphatic rings. The Bertz CT molecular complexity index is 1310. The summed E-state index contributed by atoms with van der Waals surface area (Å²) in [5.74, 6) is -0.785. The smallest absolute Gasteiger partial charge is 0.335 e. The van der Waals surface area contributed by atoms with E-state index in [1.165, 1.54) is 42.5 Å². The van der Waals surface area contributed by atoms with Crippen LogP contribution in [0.25, 0.3) is 6.08 Å². The summed E-state index contributed by atoms with van der Waals surface area (Å²) in [6.07, 6.45) is 1.42. The molecule has 3 aromatic rings. The number of ether oxygens (including phenoxy) is 2. The molecular weight excluding hydrogens is 516 g/mol. The molecule has 3 rings (SSSR count). The summed E-state index contributed by atoms with van der Waals surface area (Å²) >= 11 is 3.45. The number of aromatic carboxylic acids is 1. The Labute approximate surface area is 210 Å². The van der Waals surface area contributed by atoms with Crippen LogP contribution in [0.3, 0.4) is 0 Å². The Morgan fingerprint density at radius 1 is 1.11 bits per heavy atom. The van der Waals surface area contributed by atoms with Gasteiger partial charge in [-0.2, -0.15) is 5.26 Å². The van der Waals surface area contributed by atoms with E-state index in [0.717, 1.165) is 0 Å². The third-order valence-electron chi connectivity index (χ3n) is 4.69. The standard InChI is InChI=1S/C26H21BrN2O6/c1-2-34-23-13-17(11-19(14-28)25(31)29-20-6-8-21(30)9-7-20)12-22(27)24(23)35-15-16-4-3-5-18(10-16)26(32)33/h3-13,30H,2,15H2,1H3,(H,29,31)(H,32,33)/b19-11-. The van der Waals surface area contributed by atoms with Gasteiger partial charge in [0, 0.05) is 5.69 Å². The number of aromatic hydroxyl groups is 1. The van der Waals surface area contributed by atoms with Gasteiger partial charge in [0.05, 0.1) is 16.6 Å². The van der Waals surface area contributed by atoms with Gasteiger partial charge in [0.2, 0.25) is 0 Å². The zero-order chi connectivity index (χ0) is 25.4. The van der Waals surface area contributed by atoms with Crippen LogP contribution in [0.4, 0.5) is 5.69 Å². The van der Waals surface area contributed by atoms with Crippen LogP contribution >= 0.6 is 15.9 Å². The molecule has 0 atom stereocenters. The first-order chi connectivity index (χ1) is 16.8. The molecule has 0 aliphatic heterocycles. The number of nitrogens with one attached hydrogen (secondary N) is 1. The number of benzene rings is 3. The first-order valence-electron chi connectivity index (χ1n) is 10.4. The molecular formula is C26H21BrN2O6. The number of carbonyl (C=O) groups is 2. The Hall–Kier alpha value is -4.29. The number of carbonyl (C=O) groups excluding carboxylic acids is 1. The maximum Gasteiger partial charge on any atom is 0.335 e. The van der Waals surface area contributed by atoms with Crippen LogP contribution in [-0.2, 0) is 11.4 Å². The fraction of sp³-hybridized carbons (Fsp3) is 0.115. The van der Waals surface area contributed by atoms with Gasteiger partial charge in [0.1, 0.15) is 24.0 Å². The van der Waals surface area contributed by atoms with Crippen LogP contribution in [0.2, 0.25) is 0 Å². The minimum atomic E-state index is -1.03. The molecule has 0 aliphatic carbocycles. The lowest BCUT2D eigenvalue weighted by Gasteiger charge is -2.15. The van der Waals surface area contributed by atoms with E-state index in [9.17, 15) is 25.1 Å². The Morgan fingerprint density at radius 3 is 2.51 bits per heavy atom. The molecule has 0 aromatic heterocycles. The second kappa shape index (κ2) is 11.7. The van der Waals surface area contributed by atoms with Crippen molar-refractivity contribution < 1.29 is 29.3 Å². The number of carboxylic acids is 1. The predicted molar refractivity (Wildman–Crippen MR) is 133 cm³/mol. The predicted octanol–water partition coefficient (Wildman–Crippen LogP) is 5.38. The summed E-state index contributed by atoms with van der Waals surface area (Å²) in [5, 5.41) is 30.7. The summed E-state index contributed by atoms with van der Waals surface area (Å²) in [6, 6.07) is 17.5. The van der Waals surface area contributed by atoms with Crippen molar-refractivity contribution in [3.05, 3.63) is 87.4 Å². The number of phenolic OH excluding ortho intramolecular Hbond substituents is 1. The average Bonchev–Trinajstić information content (AvgIpc) is 2.83. The molecule has 3 aromatic carbocycles. The highest BCUT2D eigenvalue weighted by molar-refractivity contribution is 9.10. The number of halogens is 1. The van der Waals surface area contributed by atoms with Crippen molar-refractivity contribution in [3.8, 4) is 23.3 Å². The van der Waals surface area contributed by atoms with Gasteiger partial charge in [-0.25, -0.2) is 4.79 Å². The highest BCUT2D eigenvalue weighted by Gasteiger charge is 2.15. The number of nitrogens with zero attached hydrogens (tertiary/aromatic N) is 1. The van der Waals surface area contributed by atoms with Gasteiger partial charge in [-0.15, -0.1) is 0 Å². The molecule has 1 amide bonds. The van der Waals surface area contributed by atoms with E-state index in [2.05, 4.69) is 21.2 Å². The first-order valence-corrected chi connectivity index (χ1v) is 11.2. The molecule has 0 unspecified atom stereocenters. The molecule has 0 saturated heterocycles. The normalized spacial score (nSPS) is 10.8. The van der Waals surface area contributed by atoms with Gasteiger partial charge < -0.3 is 25.0 Å². The second-order valence-electron chi connectivity index (χ2n) is 7.23. The van der Waals surface area contributed by atoms with Crippen molar-refractivity contribution in [2.24, 2.45) is 0 Å². The van der Waals surface area contributed by atoms with E-state index in [1.807, 2.05) is 13.0 Å². The minimum Gasteiger partial charge on any atom is -0.508 e. The van der Waals surface area contributed by atoms with Crippen molar-refractivity contribution in [3.63, 3.8) is 0 Å². The van der Waals surface area contributed by atoms with Crippen LogP contribution in [0.5, 0.6) is 17.2 Å². The van der Waals surface area contributed by atoms with E-state index in [0.29, 0.717) is 39.4 Å². The highest BCUT2D eigenvalue weighted by atomic mass is 79.9. The third-order valence-corrected chi connectivity index (χ3v) is 5.28. The molecule has 0 radical (unpaired) electrons. The molecule has 0 spiro atoms. The topological polar surface area (TPSA) is 129 Å². The molecule has 8 nitrogen and oxygen atoms in total. The van der Waals surface area contributed by atoms with Crippen LogP contribution in [-0.4, -0.2) is 28.7 Å². The van der Waals surface area contributed by atoms with Crippen molar-refractivity contribution in [1.82, 2.24) is 0 Å². The lowest BCUT2D eigenvalue weighted by Crippen LogP contribution is -2.13. The number of phenols is 1. The largest absolute Gasteiger partial charge is 0.508 e. The first kappa shape index (κ1) is 25.3. The molecule has 0 bridgehead atoms. The van der Waals surface area contributed by atoms with Crippen molar-refractivity contribution >= 4 is 39.6 Å². The summed E-state index contributed by atoms with van der Waals surface area (Å²) in [4.78, 5) is 23.8. The van der Waals surface area contributed by atoms with Gasteiger partial charge in [-0.1, -0.05) is 12.1 Å². The van der Waals surface area contributed by atoms with Gasteiger partial charge in [0.15, 0.2) is 11.5 Å². The molecule has 3 N–H and O–H groups in total. The quantitative estimate of drug-likeness (QED) is 0.190. The number of amides is 1. The van der Waals surface area contributed by atoms with Gasteiger partial charge >= 0.3 is 5.97 Å². The lowest BCUT2D eigenvalue weighted by atomic mass is 10.1. The maximum atomic E-state index is 12.6. The molecule has 178 valence electrons. The van der Waals surface area contributed by atoms with Crippen molar-refractivity contribution in [1.29, 1.82) is 5.26 Å². The monoisotopic (exact) mass is 536 g/mol. The summed E-state index contributed by atoms with van der Waals surface area (Å²) in [7, 11) is 0. The second-order valence-corrected chi connectivity index (χ2v) is 8.08. The van der Waals surface area contributed by atoms with Crippen LogP contribution in [0.15, 0.2) is 70.7 Å². The summed E-state index contributed by atoms with van der Waals surface area (Å²) in [6.45, 7) is 2.26. The maximum absolute atomic E-state index is 12.6. The molecule has 0 heterocycles. The number of rotatable bonds is 9. The highest BCUT2D eigenvalue weighted by Crippen LogP contribution is 2.38. The fourth-order valence-corrected chi connectivity index (χ4v) is 3.66. The molecule has 35 heavy (non-hydrogen) atoms. The fourth-order valence-electron chi connectivity index (χ4n) is 3.08. The molecule has 9 heteroatoms. The minimum absolute atomic E-state index is 0.0595. The van der Waals surface area contributed by atoms with E-state index >= 15 is 0 Å². The Kier molecular flexibility index (Phi) is 8.48. The number of carboxylic acid groups (broad SMARTS) is 1. The van der Waals surface area contributed by atoms with E-state index in [1.54, 1.807) is 24.3 Å². The van der Waals surface area contributed by atoms with E-state index < -0.39 is 11.9 Å².